The van der Waals surface area contributed by atoms with Crippen molar-refractivity contribution >= 4 is 38.7 Å². The number of benzene rings is 2. The summed E-state index contributed by atoms with van der Waals surface area (Å²) in [7, 11) is 0. The van der Waals surface area contributed by atoms with Crippen LogP contribution in [0.15, 0.2) is 57.6 Å². The highest BCUT2D eigenvalue weighted by molar-refractivity contribution is 9.10. The van der Waals surface area contributed by atoms with Gasteiger partial charge in [-0.05, 0) is 31.2 Å². The van der Waals surface area contributed by atoms with Crippen molar-refractivity contribution in [3.05, 3.63) is 64.3 Å². The first-order valence-corrected chi connectivity index (χ1v) is 8.41. The summed E-state index contributed by atoms with van der Waals surface area (Å²) in [4.78, 5) is 24.5. The average molecular weight is 403 g/mol. The topological polar surface area (TPSA) is 76.7 Å². The molecule has 1 heterocycles. The lowest BCUT2D eigenvalue weighted by atomic mass is 10.1. The first-order valence-electron chi connectivity index (χ1n) is 7.62. The van der Waals surface area contributed by atoms with E-state index in [1.807, 2.05) is 0 Å². The van der Waals surface area contributed by atoms with E-state index in [1.54, 1.807) is 37.3 Å². The number of phenolic OH excluding ortho intramolecular Hbond substituents is 1. The van der Waals surface area contributed by atoms with Crippen LogP contribution in [-0.4, -0.2) is 23.0 Å². The van der Waals surface area contributed by atoms with Crippen LogP contribution in [0.5, 0.6) is 5.75 Å². The van der Waals surface area contributed by atoms with Crippen LogP contribution in [0.1, 0.15) is 22.8 Å². The number of carbonyl (C=O) groups excluding carboxylic acids is 2. The number of Topliss-reactive ketones (excluding diaryl/α,β-unsaturated/α-hetero) is 1. The number of ether oxygens (including phenoxy) is 1. The predicted octanol–water partition coefficient (Wildman–Crippen LogP) is 4.26. The van der Waals surface area contributed by atoms with Crippen LogP contribution < -0.4 is 0 Å². The van der Waals surface area contributed by atoms with Crippen molar-refractivity contribution in [1.82, 2.24) is 0 Å². The molecule has 6 heteroatoms. The van der Waals surface area contributed by atoms with Gasteiger partial charge in [-0.3, -0.25) is 9.59 Å². The Balaban J connectivity index is 1.67. The SMILES string of the molecule is C[C@@H](OC(=O)Cc1coc2cc(O)ccc12)C(=O)c1ccc(Br)cc1. The summed E-state index contributed by atoms with van der Waals surface area (Å²) < 4.78 is 11.4. The zero-order chi connectivity index (χ0) is 18.0. The number of aromatic hydroxyl groups is 1. The molecule has 0 aliphatic heterocycles. The molecule has 0 amide bonds. The number of fused-ring (bicyclic) bond motifs is 1. The molecule has 3 rings (SSSR count). The minimum atomic E-state index is -0.879. The van der Waals surface area contributed by atoms with E-state index < -0.39 is 12.1 Å². The lowest BCUT2D eigenvalue weighted by Gasteiger charge is -2.12. The summed E-state index contributed by atoms with van der Waals surface area (Å²) in [6.07, 6.45) is 0.554. The van der Waals surface area contributed by atoms with Gasteiger partial charge in [-0.15, -0.1) is 0 Å². The Hall–Kier alpha value is -2.60. The summed E-state index contributed by atoms with van der Waals surface area (Å²) in [6, 6.07) is 11.5. The molecule has 1 atom stereocenters. The van der Waals surface area contributed by atoms with Crippen LogP contribution in [0.2, 0.25) is 0 Å². The lowest BCUT2D eigenvalue weighted by Crippen LogP contribution is -2.25. The smallest absolute Gasteiger partial charge is 0.311 e. The molecular weight excluding hydrogens is 388 g/mol. The average Bonchev–Trinajstić information content (AvgIpc) is 2.96. The normalized spacial score (nSPS) is 12.1. The number of phenols is 1. The Labute approximate surface area is 152 Å². The first kappa shape index (κ1) is 17.2. The minimum absolute atomic E-state index is 0.0181. The first-order chi connectivity index (χ1) is 11.9. The van der Waals surface area contributed by atoms with E-state index in [1.165, 1.54) is 18.4 Å². The highest BCUT2D eigenvalue weighted by Gasteiger charge is 2.20. The molecule has 0 radical (unpaired) electrons. The Morgan fingerprint density at radius 1 is 1.20 bits per heavy atom. The lowest BCUT2D eigenvalue weighted by molar-refractivity contribution is -0.145. The molecule has 0 aliphatic carbocycles. The van der Waals surface area contributed by atoms with Crippen molar-refractivity contribution in [2.75, 3.05) is 0 Å². The van der Waals surface area contributed by atoms with Crippen LogP contribution in [-0.2, 0) is 16.0 Å². The molecule has 25 heavy (non-hydrogen) atoms. The fourth-order valence-corrected chi connectivity index (χ4v) is 2.77. The number of esters is 1. The van der Waals surface area contributed by atoms with Gasteiger partial charge in [0.2, 0.25) is 5.78 Å². The van der Waals surface area contributed by atoms with E-state index >= 15 is 0 Å². The third kappa shape index (κ3) is 3.91. The van der Waals surface area contributed by atoms with Gasteiger partial charge in [0, 0.05) is 27.1 Å². The van der Waals surface area contributed by atoms with E-state index in [4.69, 9.17) is 9.15 Å². The van der Waals surface area contributed by atoms with Gasteiger partial charge in [-0.25, -0.2) is 0 Å². The molecule has 0 unspecified atom stereocenters. The zero-order valence-electron chi connectivity index (χ0n) is 13.4. The van der Waals surface area contributed by atoms with E-state index in [-0.39, 0.29) is 18.0 Å². The Morgan fingerprint density at radius 3 is 2.64 bits per heavy atom. The van der Waals surface area contributed by atoms with Gasteiger partial charge >= 0.3 is 5.97 Å². The van der Waals surface area contributed by atoms with Crippen LogP contribution in [0.4, 0.5) is 0 Å². The highest BCUT2D eigenvalue weighted by atomic mass is 79.9. The van der Waals surface area contributed by atoms with Crippen molar-refractivity contribution < 1.29 is 23.8 Å². The van der Waals surface area contributed by atoms with E-state index in [0.29, 0.717) is 16.7 Å². The maximum atomic E-state index is 12.3. The molecule has 0 aliphatic rings. The Kier molecular flexibility index (Phi) is 4.90. The van der Waals surface area contributed by atoms with Gasteiger partial charge in [0.05, 0.1) is 12.7 Å². The molecule has 1 aromatic heterocycles. The van der Waals surface area contributed by atoms with Gasteiger partial charge in [0.25, 0.3) is 0 Å². The summed E-state index contributed by atoms with van der Waals surface area (Å²) in [5.41, 5.74) is 1.61. The molecule has 3 aromatic rings. The second-order valence-corrected chi connectivity index (χ2v) is 6.54. The molecule has 1 N–H and O–H groups in total. The summed E-state index contributed by atoms with van der Waals surface area (Å²) in [6.45, 7) is 1.55. The number of halogens is 1. The largest absolute Gasteiger partial charge is 0.508 e. The maximum absolute atomic E-state index is 12.3. The van der Waals surface area contributed by atoms with Crippen molar-refractivity contribution in [2.24, 2.45) is 0 Å². The zero-order valence-corrected chi connectivity index (χ0v) is 14.9. The van der Waals surface area contributed by atoms with Gasteiger partial charge in [-0.1, -0.05) is 28.1 Å². The van der Waals surface area contributed by atoms with Gasteiger partial charge < -0.3 is 14.3 Å². The molecule has 0 saturated carbocycles. The third-order valence-corrected chi connectivity index (χ3v) is 4.31. The number of ketones is 1. The van der Waals surface area contributed by atoms with Crippen molar-refractivity contribution in [3.63, 3.8) is 0 Å². The standard InChI is InChI=1S/C19H15BrO5/c1-11(19(23)12-2-4-14(20)5-3-12)25-18(22)8-13-10-24-17-9-15(21)6-7-16(13)17/h2-7,9-11,21H,8H2,1H3/t11-/m1/s1. The van der Waals surface area contributed by atoms with E-state index in [2.05, 4.69) is 15.9 Å². The molecule has 0 spiro atoms. The third-order valence-electron chi connectivity index (χ3n) is 3.78. The quantitative estimate of drug-likeness (QED) is 0.509. The number of hydrogen-bond donors (Lipinski definition) is 1. The minimum Gasteiger partial charge on any atom is -0.508 e. The second-order valence-electron chi connectivity index (χ2n) is 5.62. The van der Waals surface area contributed by atoms with Crippen LogP contribution >= 0.6 is 15.9 Å². The van der Waals surface area contributed by atoms with Crippen molar-refractivity contribution in [3.8, 4) is 5.75 Å². The Bertz CT molecular complexity index is 927. The van der Waals surface area contributed by atoms with Crippen LogP contribution in [0.3, 0.4) is 0 Å². The monoisotopic (exact) mass is 402 g/mol. The van der Waals surface area contributed by atoms with E-state index in [9.17, 15) is 14.7 Å². The van der Waals surface area contributed by atoms with Gasteiger partial charge in [0.1, 0.15) is 11.3 Å². The number of hydrogen-bond acceptors (Lipinski definition) is 5. The molecule has 2 aromatic carbocycles. The molecule has 0 bridgehead atoms. The highest BCUT2D eigenvalue weighted by Crippen LogP contribution is 2.25. The maximum Gasteiger partial charge on any atom is 0.311 e. The predicted molar refractivity (Wildman–Crippen MR) is 95.6 cm³/mol. The molecule has 128 valence electrons. The molecular formula is C19H15BrO5. The Morgan fingerprint density at radius 2 is 1.92 bits per heavy atom. The molecule has 0 saturated heterocycles. The molecule has 5 nitrogen and oxygen atoms in total. The van der Waals surface area contributed by atoms with Crippen LogP contribution in [0.25, 0.3) is 11.0 Å². The summed E-state index contributed by atoms with van der Waals surface area (Å²) in [5.74, 6) is -0.693. The fraction of sp³-hybridized carbons (Fsp3) is 0.158. The van der Waals surface area contributed by atoms with Gasteiger partial charge in [0.15, 0.2) is 6.10 Å². The number of furan rings is 1. The van der Waals surface area contributed by atoms with Crippen molar-refractivity contribution in [1.29, 1.82) is 0 Å². The number of rotatable bonds is 5. The summed E-state index contributed by atoms with van der Waals surface area (Å²) in [5, 5.41) is 10.2. The second kappa shape index (κ2) is 7.11. The molecule has 0 fully saturated rings. The van der Waals surface area contributed by atoms with Crippen molar-refractivity contribution in [2.45, 2.75) is 19.4 Å². The van der Waals surface area contributed by atoms with Gasteiger partial charge in [-0.2, -0.15) is 0 Å². The fourth-order valence-electron chi connectivity index (χ4n) is 2.51. The van der Waals surface area contributed by atoms with Crippen LogP contribution in [0, 0.1) is 0 Å². The summed E-state index contributed by atoms with van der Waals surface area (Å²) >= 11 is 3.31. The van der Waals surface area contributed by atoms with E-state index in [0.717, 1.165) is 9.86 Å². The number of carbonyl (C=O) groups is 2.